The average molecular weight is 245 g/mol. The molecule has 2 rings (SSSR count). The Morgan fingerprint density at radius 1 is 1.61 bits per heavy atom. The molecule has 1 N–H and O–H groups in total. The number of hydrogen-bond donors (Lipinski definition) is 1. The summed E-state index contributed by atoms with van der Waals surface area (Å²) >= 11 is 0. The molecule has 1 atom stereocenters. The SMILES string of the molecule is CCC1C=CC=C(NC(=O)c2cc(C)nn2C)C1. The zero-order valence-electron chi connectivity index (χ0n) is 11.1. The van der Waals surface area contributed by atoms with Gasteiger partial charge < -0.3 is 5.32 Å². The summed E-state index contributed by atoms with van der Waals surface area (Å²) in [6.07, 6.45) is 8.16. The number of nitrogens with one attached hydrogen (secondary N) is 1. The standard InChI is InChI=1S/C14H19N3O/c1-4-11-6-5-7-12(9-11)15-14(18)13-8-10(2)16-17(13)3/h5-8,11H,4,9H2,1-3H3,(H,15,18). The van der Waals surface area contributed by atoms with Gasteiger partial charge in [-0.1, -0.05) is 19.1 Å². The third kappa shape index (κ3) is 2.70. The Morgan fingerprint density at radius 3 is 3.00 bits per heavy atom. The van der Waals surface area contributed by atoms with E-state index in [2.05, 4.69) is 23.4 Å². The van der Waals surface area contributed by atoms with E-state index in [1.807, 2.05) is 19.1 Å². The molecule has 1 unspecified atom stereocenters. The Kier molecular flexibility index (Phi) is 3.65. The lowest BCUT2D eigenvalue weighted by Crippen LogP contribution is -2.26. The highest BCUT2D eigenvalue weighted by atomic mass is 16.2. The third-order valence-electron chi connectivity index (χ3n) is 3.20. The van der Waals surface area contributed by atoms with Gasteiger partial charge in [-0.2, -0.15) is 5.10 Å². The summed E-state index contributed by atoms with van der Waals surface area (Å²) in [6, 6.07) is 1.80. The number of carbonyl (C=O) groups is 1. The van der Waals surface area contributed by atoms with Crippen LogP contribution >= 0.6 is 0 Å². The molecule has 0 aromatic carbocycles. The predicted octanol–water partition coefficient (Wildman–Crippen LogP) is 2.33. The molecule has 1 aromatic heterocycles. The van der Waals surface area contributed by atoms with Gasteiger partial charge in [0.2, 0.25) is 0 Å². The minimum absolute atomic E-state index is 0.0884. The largest absolute Gasteiger partial charge is 0.324 e. The van der Waals surface area contributed by atoms with Crippen LogP contribution in [0.4, 0.5) is 0 Å². The van der Waals surface area contributed by atoms with Gasteiger partial charge in [-0.05, 0) is 37.8 Å². The van der Waals surface area contributed by atoms with Crippen LogP contribution in [0.25, 0.3) is 0 Å². The maximum Gasteiger partial charge on any atom is 0.273 e. The minimum atomic E-state index is -0.0884. The Labute approximate surface area is 107 Å². The van der Waals surface area contributed by atoms with Gasteiger partial charge in [0.25, 0.3) is 5.91 Å². The first kappa shape index (κ1) is 12.6. The topological polar surface area (TPSA) is 46.9 Å². The van der Waals surface area contributed by atoms with E-state index in [0.717, 1.165) is 24.2 Å². The molecule has 1 aliphatic rings. The van der Waals surface area contributed by atoms with Crippen molar-refractivity contribution in [3.8, 4) is 0 Å². The normalized spacial score (nSPS) is 18.6. The highest BCUT2D eigenvalue weighted by Gasteiger charge is 2.15. The molecule has 0 saturated carbocycles. The molecule has 1 heterocycles. The van der Waals surface area contributed by atoms with E-state index in [0.29, 0.717) is 11.6 Å². The van der Waals surface area contributed by atoms with E-state index >= 15 is 0 Å². The summed E-state index contributed by atoms with van der Waals surface area (Å²) < 4.78 is 1.61. The second-order valence-electron chi connectivity index (χ2n) is 4.70. The Balaban J connectivity index is 2.06. The molecule has 0 saturated heterocycles. The van der Waals surface area contributed by atoms with Gasteiger partial charge in [-0.3, -0.25) is 9.48 Å². The summed E-state index contributed by atoms with van der Waals surface area (Å²) in [5.74, 6) is 0.438. The van der Waals surface area contributed by atoms with Crippen LogP contribution in [0, 0.1) is 12.8 Å². The van der Waals surface area contributed by atoms with E-state index in [4.69, 9.17) is 0 Å². The van der Waals surface area contributed by atoms with Crippen molar-refractivity contribution in [2.24, 2.45) is 13.0 Å². The molecule has 18 heavy (non-hydrogen) atoms. The van der Waals surface area contributed by atoms with Gasteiger partial charge in [0.15, 0.2) is 0 Å². The Hall–Kier alpha value is -1.84. The molecule has 0 aliphatic heterocycles. The van der Waals surface area contributed by atoms with Crippen LogP contribution in [0.1, 0.15) is 35.9 Å². The first-order valence-electron chi connectivity index (χ1n) is 6.29. The van der Waals surface area contributed by atoms with E-state index in [-0.39, 0.29) is 5.91 Å². The lowest BCUT2D eigenvalue weighted by atomic mass is 9.96. The maximum atomic E-state index is 12.1. The van der Waals surface area contributed by atoms with Crippen molar-refractivity contribution in [2.45, 2.75) is 26.7 Å². The van der Waals surface area contributed by atoms with Crippen LogP contribution < -0.4 is 5.32 Å². The monoisotopic (exact) mass is 245 g/mol. The van der Waals surface area contributed by atoms with Gasteiger partial charge in [-0.25, -0.2) is 0 Å². The van der Waals surface area contributed by atoms with Gasteiger partial charge in [-0.15, -0.1) is 0 Å². The minimum Gasteiger partial charge on any atom is -0.324 e. The predicted molar refractivity (Wildman–Crippen MR) is 71.0 cm³/mol. The number of aryl methyl sites for hydroxylation is 2. The smallest absolute Gasteiger partial charge is 0.273 e. The van der Waals surface area contributed by atoms with Crippen LogP contribution in [0.15, 0.2) is 30.0 Å². The fourth-order valence-corrected chi connectivity index (χ4v) is 2.15. The Bertz CT molecular complexity index is 511. The molecule has 1 aliphatic carbocycles. The summed E-state index contributed by atoms with van der Waals surface area (Å²) in [5.41, 5.74) is 2.43. The van der Waals surface area contributed by atoms with E-state index in [1.54, 1.807) is 17.8 Å². The maximum absolute atomic E-state index is 12.1. The highest BCUT2D eigenvalue weighted by molar-refractivity contribution is 5.93. The van der Waals surface area contributed by atoms with Crippen LogP contribution in [0.3, 0.4) is 0 Å². The van der Waals surface area contributed by atoms with E-state index < -0.39 is 0 Å². The number of carbonyl (C=O) groups excluding carboxylic acids is 1. The average Bonchev–Trinajstić information content (AvgIpc) is 2.69. The van der Waals surface area contributed by atoms with Crippen LogP contribution in [0.2, 0.25) is 0 Å². The van der Waals surface area contributed by atoms with Crippen LogP contribution in [-0.4, -0.2) is 15.7 Å². The first-order chi connectivity index (χ1) is 8.60. The van der Waals surface area contributed by atoms with Gasteiger partial charge >= 0.3 is 0 Å². The van der Waals surface area contributed by atoms with Gasteiger partial charge in [0, 0.05) is 12.7 Å². The highest BCUT2D eigenvalue weighted by Crippen LogP contribution is 2.19. The van der Waals surface area contributed by atoms with Crippen molar-refractivity contribution < 1.29 is 4.79 Å². The van der Waals surface area contributed by atoms with E-state index in [9.17, 15) is 4.79 Å². The zero-order chi connectivity index (χ0) is 13.1. The fraction of sp³-hybridized carbons (Fsp3) is 0.429. The lowest BCUT2D eigenvalue weighted by Gasteiger charge is -2.17. The van der Waals surface area contributed by atoms with Crippen LogP contribution in [0.5, 0.6) is 0 Å². The summed E-state index contributed by atoms with van der Waals surface area (Å²) in [7, 11) is 1.78. The van der Waals surface area contributed by atoms with Crippen molar-refractivity contribution in [1.29, 1.82) is 0 Å². The second kappa shape index (κ2) is 5.21. The molecular weight excluding hydrogens is 226 g/mol. The fourth-order valence-electron chi connectivity index (χ4n) is 2.15. The summed E-state index contributed by atoms with van der Waals surface area (Å²) in [4.78, 5) is 12.1. The molecule has 4 heteroatoms. The van der Waals surface area contributed by atoms with E-state index in [1.165, 1.54) is 0 Å². The Morgan fingerprint density at radius 2 is 2.39 bits per heavy atom. The number of amides is 1. The second-order valence-corrected chi connectivity index (χ2v) is 4.70. The van der Waals surface area contributed by atoms with Gasteiger partial charge in [0.1, 0.15) is 5.69 Å². The first-order valence-corrected chi connectivity index (χ1v) is 6.29. The number of hydrogen-bond acceptors (Lipinski definition) is 2. The molecule has 0 fully saturated rings. The van der Waals surface area contributed by atoms with Gasteiger partial charge in [0.05, 0.1) is 5.69 Å². The number of rotatable bonds is 3. The lowest BCUT2D eigenvalue weighted by molar-refractivity contribution is 0.0954. The number of aromatic nitrogens is 2. The molecule has 0 bridgehead atoms. The molecule has 4 nitrogen and oxygen atoms in total. The molecule has 96 valence electrons. The third-order valence-corrected chi connectivity index (χ3v) is 3.20. The number of nitrogens with zero attached hydrogens (tertiary/aromatic N) is 2. The molecular formula is C14H19N3O. The molecule has 0 spiro atoms. The van der Waals surface area contributed by atoms with Crippen molar-refractivity contribution in [3.63, 3.8) is 0 Å². The van der Waals surface area contributed by atoms with Crippen molar-refractivity contribution in [1.82, 2.24) is 15.1 Å². The number of allylic oxidation sites excluding steroid dienone is 4. The van der Waals surface area contributed by atoms with Crippen molar-refractivity contribution in [3.05, 3.63) is 41.4 Å². The molecule has 1 aromatic rings. The summed E-state index contributed by atoms with van der Waals surface area (Å²) in [6.45, 7) is 4.04. The summed E-state index contributed by atoms with van der Waals surface area (Å²) in [5, 5.41) is 7.14. The van der Waals surface area contributed by atoms with Crippen molar-refractivity contribution >= 4 is 5.91 Å². The quantitative estimate of drug-likeness (QED) is 0.888. The zero-order valence-corrected chi connectivity index (χ0v) is 11.1. The van der Waals surface area contributed by atoms with Crippen molar-refractivity contribution in [2.75, 3.05) is 0 Å². The van der Waals surface area contributed by atoms with Crippen LogP contribution in [-0.2, 0) is 7.05 Å². The molecule has 0 radical (unpaired) electrons. The molecule has 1 amide bonds.